The molecule has 1 aromatic carbocycles. The van der Waals surface area contributed by atoms with Crippen molar-refractivity contribution in [1.29, 1.82) is 0 Å². The van der Waals surface area contributed by atoms with Gasteiger partial charge in [-0.15, -0.1) is 0 Å². The van der Waals surface area contributed by atoms with Crippen LogP contribution in [0.5, 0.6) is 11.5 Å². The Morgan fingerprint density at radius 2 is 1.81 bits per heavy atom. The van der Waals surface area contributed by atoms with Gasteiger partial charge in [0.2, 0.25) is 0 Å². The fraction of sp³-hybridized carbons (Fsp3) is 0.429. The Hall–Kier alpha value is -1.86. The van der Waals surface area contributed by atoms with E-state index < -0.39 is 11.4 Å². The van der Waals surface area contributed by atoms with Crippen LogP contribution in [0, 0.1) is 0 Å². The molecule has 0 spiro atoms. The van der Waals surface area contributed by atoms with E-state index in [9.17, 15) is 15.0 Å². The van der Waals surface area contributed by atoms with Gasteiger partial charge in [-0.05, 0) is 32.0 Å². The van der Waals surface area contributed by atoms with Crippen molar-refractivity contribution in [2.75, 3.05) is 20.1 Å². The lowest BCUT2D eigenvalue weighted by atomic mass is 9.87. The van der Waals surface area contributed by atoms with Crippen LogP contribution in [0.2, 0.25) is 0 Å². The summed E-state index contributed by atoms with van der Waals surface area (Å²) in [4.78, 5) is 14.7. The molecule has 6 nitrogen and oxygen atoms in total. The summed E-state index contributed by atoms with van der Waals surface area (Å²) in [6, 6.07) is 3.74. The number of nitrogens with zero attached hydrogens (tertiary/aromatic N) is 1. The minimum Gasteiger partial charge on any atom is -0.508 e. The number of hydrogen-bond acceptors (Lipinski definition) is 5. The van der Waals surface area contributed by atoms with Gasteiger partial charge in [-0.25, -0.2) is 0 Å². The lowest BCUT2D eigenvalue weighted by Crippen LogP contribution is -2.61. The fourth-order valence-corrected chi connectivity index (χ4v) is 2.70. The average molecular weight is 309 g/mol. The van der Waals surface area contributed by atoms with E-state index in [4.69, 9.17) is 18.0 Å². The van der Waals surface area contributed by atoms with E-state index in [-0.39, 0.29) is 22.1 Å². The van der Waals surface area contributed by atoms with E-state index in [2.05, 4.69) is 10.2 Å². The van der Waals surface area contributed by atoms with E-state index in [1.807, 2.05) is 7.05 Å². The van der Waals surface area contributed by atoms with Crippen molar-refractivity contribution >= 4 is 23.1 Å². The van der Waals surface area contributed by atoms with E-state index in [1.54, 1.807) is 0 Å². The van der Waals surface area contributed by atoms with E-state index in [0.29, 0.717) is 12.8 Å². The number of rotatable bonds is 3. The molecule has 2 rings (SSSR count). The van der Waals surface area contributed by atoms with Crippen LogP contribution in [0.1, 0.15) is 23.2 Å². The molecule has 1 aliphatic rings. The Morgan fingerprint density at radius 3 is 2.29 bits per heavy atom. The molecule has 5 N–H and O–H groups in total. The number of carbonyl (C=O) groups excluding carboxylic acids is 1. The van der Waals surface area contributed by atoms with Crippen molar-refractivity contribution < 1.29 is 15.0 Å². The molecule has 0 radical (unpaired) electrons. The average Bonchev–Trinajstić information content (AvgIpc) is 2.40. The van der Waals surface area contributed by atoms with Gasteiger partial charge in [-0.1, -0.05) is 12.2 Å². The number of piperidine rings is 1. The molecular formula is C14H19N3O3S. The molecule has 1 amide bonds. The SMILES string of the molecule is CN1CCC(NC(=O)c2cc(O)cc(O)c2)(C(N)=S)CC1. The van der Waals surface area contributed by atoms with Crippen molar-refractivity contribution in [3.8, 4) is 11.5 Å². The number of benzene rings is 1. The number of nitrogens with two attached hydrogens (primary N) is 1. The number of aromatic hydroxyl groups is 2. The van der Waals surface area contributed by atoms with E-state index >= 15 is 0 Å². The van der Waals surface area contributed by atoms with E-state index in [0.717, 1.165) is 19.2 Å². The van der Waals surface area contributed by atoms with Gasteiger partial charge >= 0.3 is 0 Å². The maximum Gasteiger partial charge on any atom is 0.252 e. The van der Waals surface area contributed by atoms with Crippen molar-refractivity contribution in [1.82, 2.24) is 10.2 Å². The summed E-state index contributed by atoms with van der Waals surface area (Å²) in [6.45, 7) is 1.56. The molecule has 1 heterocycles. The van der Waals surface area contributed by atoms with Crippen LogP contribution in [0.3, 0.4) is 0 Å². The number of likely N-dealkylation sites (tertiary alicyclic amines) is 1. The number of nitrogens with one attached hydrogen (secondary N) is 1. The Bertz CT molecular complexity index is 548. The fourth-order valence-electron chi connectivity index (χ4n) is 2.45. The zero-order chi connectivity index (χ0) is 15.6. The molecule has 21 heavy (non-hydrogen) atoms. The number of phenols is 2. The van der Waals surface area contributed by atoms with Crippen molar-refractivity contribution in [2.45, 2.75) is 18.4 Å². The Morgan fingerprint density at radius 1 is 1.29 bits per heavy atom. The van der Waals surface area contributed by atoms with Crippen LogP contribution in [0.4, 0.5) is 0 Å². The highest BCUT2D eigenvalue weighted by Gasteiger charge is 2.38. The molecule has 114 valence electrons. The van der Waals surface area contributed by atoms with Crippen LogP contribution in [-0.4, -0.2) is 51.7 Å². The van der Waals surface area contributed by atoms with Crippen LogP contribution in [-0.2, 0) is 0 Å². The van der Waals surface area contributed by atoms with Crippen LogP contribution in [0.15, 0.2) is 18.2 Å². The van der Waals surface area contributed by atoms with Crippen LogP contribution in [0.25, 0.3) is 0 Å². The van der Waals surface area contributed by atoms with Crippen molar-refractivity contribution in [3.05, 3.63) is 23.8 Å². The van der Waals surface area contributed by atoms with Crippen molar-refractivity contribution in [3.63, 3.8) is 0 Å². The second-order valence-electron chi connectivity index (χ2n) is 5.44. The number of phenolic OH excluding ortho intramolecular Hbond substituents is 2. The maximum absolute atomic E-state index is 12.3. The standard InChI is InChI=1S/C14H19N3O3S/c1-17-4-2-14(3-5-17,13(15)21)16-12(20)9-6-10(18)8-11(19)7-9/h6-8,18-19H,2-5H2,1H3,(H2,15,21)(H,16,20). The minimum atomic E-state index is -0.722. The molecule has 7 heteroatoms. The van der Waals surface area contributed by atoms with Gasteiger partial charge in [0, 0.05) is 24.7 Å². The third kappa shape index (κ3) is 3.43. The van der Waals surface area contributed by atoms with Gasteiger partial charge in [0.25, 0.3) is 5.91 Å². The van der Waals surface area contributed by atoms with E-state index in [1.165, 1.54) is 12.1 Å². The van der Waals surface area contributed by atoms with Gasteiger partial charge in [-0.2, -0.15) is 0 Å². The van der Waals surface area contributed by atoms with Crippen LogP contribution < -0.4 is 11.1 Å². The summed E-state index contributed by atoms with van der Waals surface area (Å²) in [5.41, 5.74) is 5.28. The van der Waals surface area contributed by atoms with Gasteiger partial charge in [0.15, 0.2) is 0 Å². The molecule has 0 unspecified atom stereocenters. The zero-order valence-corrected chi connectivity index (χ0v) is 12.6. The van der Waals surface area contributed by atoms with Gasteiger partial charge < -0.3 is 26.2 Å². The molecular weight excluding hydrogens is 290 g/mol. The second kappa shape index (κ2) is 5.87. The quantitative estimate of drug-likeness (QED) is 0.610. The lowest BCUT2D eigenvalue weighted by Gasteiger charge is -2.40. The Kier molecular flexibility index (Phi) is 4.34. The normalized spacial score (nSPS) is 18.1. The first-order chi connectivity index (χ1) is 9.82. The summed E-state index contributed by atoms with van der Waals surface area (Å²) in [5.74, 6) is -0.764. The third-order valence-electron chi connectivity index (χ3n) is 3.83. The molecule has 1 aliphatic heterocycles. The number of carbonyl (C=O) groups is 1. The number of thiocarbonyl (C=S) groups is 1. The topological polar surface area (TPSA) is 98.8 Å². The molecule has 0 aliphatic carbocycles. The van der Waals surface area contributed by atoms with Crippen LogP contribution >= 0.6 is 12.2 Å². The minimum absolute atomic E-state index is 0.169. The first kappa shape index (κ1) is 15.5. The highest BCUT2D eigenvalue weighted by molar-refractivity contribution is 7.80. The zero-order valence-electron chi connectivity index (χ0n) is 11.8. The maximum atomic E-state index is 12.3. The highest BCUT2D eigenvalue weighted by Crippen LogP contribution is 2.25. The van der Waals surface area contributed by atoms with Gasteiger partial charge in [-0.3, -0.25) is 4.79 Å². The summed E-state index contributed by atoms with van der Waals surface area (Å²) in [7, 11) is 2.00. The Labute approximate surface area is 128 Å². The van der Waals surface area contributed by atoms with Gasteiger partial charge in [0.1, 0.15) is 11.5 Å². The smallest absolute Gasteiger partial charge is 0.252 e. The summed E-state index contributed by atoms with van der Waals surface area (Å²) >= 11 is 5.13. The number of hydrogen-bond donors (Lipinski definition) is 4. The predicted molar refractivity (Wildman–Crippen MR) is 83.5 cm³/mol. The number of amides is 1. The monoisotopic (exact) mass is 309 g/mol. The molecule has 1 saturated heterocycles. The summed E-state index contributed by atoms with van der Waals surface area (Å²) in [5, 5.41) is 21.8. The molecule has 1 fully saturated rings. The first-order valence-corrected chi connectivity index (χ1v) is 7.07. The lowest BCUT2D eigenvalue weighted by molar-refractivity contribution is 0.0889. The third-order valence-corrected chi connectivity index (χ3v) is 4.22. The highest BCUT2D eigenvalue weighted by atomic mass is 32.1. The second-order valence-corrected chi connectivity index (χ2v) is 5.88. The Balaban J connectivity index is 2.21. The molecule has 0 atom stereocenters. The largest absolute Gasteiger partial charge is 0.508 e. The first-order valence-electron chi connectivity index (χ1n) is 6.66. The summed E-state index contributed by atoms with van der Waals surface area (Å²) in [6.07, 6.45) is 1.27. The summed E-state index contributed by atoms with van der Waals surface area (Å²) < 4.78 is 0. The molecule has 0 bridgehead atoms. The van der Waals surface area contributed by atoms with Gasteiger partial charge in [0.05, 0.1) is 10.5 Å². The predicted octanol–water partition coefficient (Wildman–Crippen LogP) is 0.578. The molecule has 0 saturated carbocycles. The molecule has 0 aromatic heterocycles. The molecule has 1 aromatic rings. The van der Waals surface area contributed by atoms with Crippen molar-refractivity contribution in [2.24, 2.45) is 5.73 Å².